The summed E-state index contributed by atoms with van der Waals surface area (Å²) >= 11 is 12.0. The van der Waals surface area contributed by atoms with E-state index in [4.69, 9.17) is 33.7 Å². The maximum absolute atomic E-state index is 12.7. The molecule has 2 rings (SSSR count). The minimum Gasteiger partial charge on any atom is -0.399 e. The van der Waals surface area contributed by atoms with Crippen LogP contribution in [-0.2, 0) is 14.8 Å². The van der Waals surface area contributed by atoms with Crippen LogP contribution in [-0.4, -0.2) is 39.0 Å². The smallest absolute Gasteiger partial charge is 0.246 e. The fourth-order valence-corrected chi connectivity index (χ4v) is 4.84. The summed E-state index contributed by atoms with van der Waals surface area (Å²) in [7, 11) is -2.23. The van der Waals surface area contributed by atoms with E-state index in [1.165, 1.54) is 23.5 Å². The molecule has 0 aliphatic heterocycles. The van der Waals surface area contributed by atoms with Crippen LogP contribution >= 0.6 is 23.2 Å². The lowest BCUT2D eigenvalue weighted by atomic mass is 10.3. The highest BCUT2D eigenvalue weighted by Gasteiger charge is 2.39. The van der Waals surface area contributed by atoms with Crippen molar-refractivity contribution in [3.63, 3.8) is 0 Å². The zero-order chi connectivity index (χ0) is 14.9. The molecule has 0 bridgehead atoms. The molecule has 1 aliphatic carbocycles. The van der Waals surface area contributed by atoms with Gasteiger partial charge in [-0.25, -0.2) is 8.42 Å². The molecule has 0 amide bonds. The number of ether oxygens (including phenoxy) is 1. The highest BCUT2D eigenvalue weighted by atomic mass is 35.5. The van der Waals surface area contributed by atoms with Crippen LogP contribution < -0.4 is 5.73 Å². The van der Waals surface area contributed by atoms with Gasteiger partial charge in [0.1, 0.15) is 4.90 Å². The molecule has 0 aromatic heterocycles. The van der Waals surface area contributed by atoms with Crippen molar-refractivity contribution in [1.82, 2.24) is 4.31 Å². The predicted octanol–water partition coefficient (Wildman–Crippen LogP) is 2.38. The Hall–Kier alpha value is -0.530. The highest BCUT2D eigenvalue weighted by molar-refractivity contribution is 7.89. The molecule has 0 radical (unpaired) electrons. The fourth-order valence-electron chi connectivity index (χ4n) is 1.99. The molecule has 1 aromatic carbocycles. The van der Waals surface area contributed by atoms with Crippen LogP contribution in [0.15, 0.2) is 17.0 Å². The van der Waals surface area contributed by atoms with Crippen LogP contribution in [0, 0.1) is 0 Å². The summed E-state index contributed by atoms with van der Waals surface area (Å²) in [6.07, 6.45) is 1.68. The molecule has 5 nitrogen and oxygen atoms in total. The van der Waals surface area contributed by atoms with E-state index in [0.29, 0.717) is 12.3 Å². The maximum atomic E-state index is 12.7. The van der Waals surface area contributed by atoms with Crippen LogP contribution in [0.1, 0.15) is 12.8 Å². The molecule has 0 unspecified atom stereocenters. The Morgan fingerprint density at radius 3 is 2.35 bits per heavy atom. The van der Waals surface area contributed by atoms with Gasteiger partial charge in [-0.05, 0) is 25.0 Å². The average molecular weight is 339 g/mol. The Bertz CT molecular complexity index is 580. The second-order valence-corrected chi connectivity index (χ2v) is 7.30. The fraction of sp³-hybridized carbons (Fsp3) is 0.500. The van der Waals surface area contributed by atoms with Gasteiger partial charge in [-0.3, -0.25) is 0 Å². The van der Waals surface area contributed by atoms with E-state index in [9.17, 15) is 8.42 Å². The monoisotopic (exact) mass is 338 g/mol. The normalized spacial score (nSPS) is 15.8. The second-order valence-electron chi connectivity index (χ2n) is 4.65. The van der Waals surface area contributed by atoms with Crippen LogP contribution in [0.4, 0.5) is 5.69 Å². The third-order valence-electron chi connectivity index (χ3n) is 3.06. The number of anilines is 1. The molecule has 1 saturated carbocycles. The lowest BCUT2D eigenvalue weighted by Crippen LogP contribution is -2.36. The number of rotatable bonds is 6. The molecule has 112 valence electrons. The van der Waals surface area contributed by atoms with Crippen molar-refractivity contribution in [2.45, 2.75) is 23.8 Å². The third-order valence-corrected chi connectivity index (χ3v) is 5.93. The summed E-state index contributed by atoms with van der Waals surface area (Å²) in [4.78, 5) is -0.0852. The number of hydrogen-bond donors (Lipinski definition) is 1. The van der Waals surface area contributed by atoms with Gasteiger partial charge in [0.2, 0.25) is 10.0 Å². The topological polar surface area (TPSA) is 72.6 Å². The molecule has 1 aromatic rings. The molecule has 0 atom stereocenters. The molecular weight excluding hydrogens is 323 g/mol. The molecule has 8 heteroatoms. The number of halogens is 2. The molecule has 1 aliphatic rings. The standard InChI is InChI=1S/C12H16Cl2N2O3S/c1-19-5-4-16(9-2-3-9)20(17,18)12-10(13)6-8(15)7-11(12)14/h6-7,9H,2-5,15H2,1H3. The van der Waals surface area contributed by atoms with Gasteiger partial charge in [0.05, 0.1) is 16.7 Å². The van der Waals surface area contributed by atoms with Crippen molar-refractivity contribution in [3.8, 4) is 0 Å². The molecule has 2 N–H and O–H groups in total. The van der Waals surface area contributed by atoms with Gasteiger partial charge in [0.25, 0.3) is 0 Å². The van der Waals surface area contributed by atoms with Gasteiger partial charge in [0, 0.05) is 25.4 Å². The van der Waals surface area contributed by atoms with Gasteiger partial charge in [-0.15, -0.1) is 0 Å². The third kappa shape index (κ3) is 3.20. The van der Waals surface area contributed by atoms with E-state index in [1.54, 1.807) is 0 Å². The molecule has 0 spiro atoms. The molecular formula is C12H16Cl2N2O3S. The summed E-state index contributed by atoms with van der Waals surface area (Å²) in [5.74, 6) is 0. The minimum atomic E-state index is -3.75. The van der Waals surface area contributed by atoms with Crippen LogP contribution in [0.25, 0.3) is 0 Å². The van der Waals surface area contributed by atoms with E-state index in [2.05, 4.69) is 0 Å². The van der Waals surface area contributed by atoms with Gasteiger partial charge >= 0.3 is 0 Å². The Kier molecular flexibility index (Phi) is 4.81. The van der Waals surface area contributed by atoms with Gasteiger partial charge in [-0.1, -0.05) is 23.2 Å². The average Bonchev–Trinajstić information content (AvgIpc) is 3.11. The van der Waals surface area contributed by atoms with Crippen molar-refractivity contribution in [2.75, 3.05) is 26.0 Å². The lowest BCUT2D eigenvalue weighted by Gasteiger charge is -2.22. The van der Waals surface area contributed by atoms with Crippen molar-refractivity contribution in [3.05, 3.63) is 22.2 Å². The highest BCUT2D eigenvalue weighted by Crippen LogP contribution is 2.38. The Morgan fingerprint density at radius 1 is 1.35 bits per heavy atom. The Morgan fingerprint density at radius 2 is 1.90 bits per heavy atom. The van der Waals surface area contributed by atoms with E-state index in [-0.39, 0.29) is 27.5 Å². The summed E-state index contributed by atoms with van der Waals surface area (Å²) < 4.78 is 31.8. The van der Waals surface area contributed by atoms with Gasteiger partial charge in [-0.2, -0.15) is 4.31 Å². The number of hydrogen-bond acceptors (Lipinski definition) is 4. The quantitative estimate of drug-likeness (QED) is 0.808. The number of nitrogens with two attached hydrogens (primary N) is 1. The minimum absolute atomic E-state index is 0.000151. The Labute approximate surface area is 128 Å². The molecule has 1 fully saturated rings. The predicted molar refractivity (Wildman–Crippen MR) is 79.7 cm³/mol. The maximum Gasteiger partial charge on any atom is 0.246 e. The number of sulfonamides is 1. The number of nitrogen functional groups attached to an aromatic ring is 1. The number of nitrogens with zero attached hydrogens (tertiary/aromatic N) is 1. The first-order chi connectivity index (χ1) is 9.37. The summed E-state index contributed by atoms with van der Waals surface area (Å²) in [6.45, 7) is 0.598. The van der Waals surface area contributed by atoms with Crippen molar-refractivity contribution in [1.29, 1.82) is 0 Å². The van der Waals surface area contributed by atoms with Crippen molar-refractivity contribution < 1.29 is 13.2 Å². The van der Waals surface area contributed by atoms with Crippen molar-refractivity contribution >= 4 is 38.9 Å². The number of methoxy groups -OCH3 is 1. The first kappa shape index (κ1) is 15.9. The van der Waals surface area contributed by atoms with Crippen molar-refractivity contribution in [2.24, 2.45) is 0 Å². The molecule has 0 saturated heterocycles. The van der Waals surface area contributed by atoms with E-state index in [1.807, 2.05) is 0 Å². The summed E-state index contributed by atoms with van der Waals surface area (Å²) in [5, 5.41) is 0.0798. The zero-order valence-corrected chi connectivity index (χ0v) is 13.3. The molecule has 0 heterocycles. The second kappa shape index (κ2) is 6.07. The van der Waals surface area contributed by atoms with Crippen LogP contribution in [0.3, 0.4) is 0 Å². The van der Waals surface area contributed by atoms with E-state index < -0.39 is 10.0 Å². The largest absolute Gasteiger partial charge is 0.399 e. The van der Waals surface area contributed by atoms with E-state index >= 15 is 0 Å². The van der Waals surface area contributed by atoms with Gasteiger partial charge in [0.15, 0.2) is 0 Å². The van der Waals surface area contributed by atoms with Crippen LogP contribution in [0.5, 0.6) is 0 Å². The van der Waals surface area contributed by atoms with Crippen LogP contribution in [0.2, 0.25) is 10.0 Å². The Balaban J connectivity index is 2.42. The first-order valence-electron chi connectivity index (χ1n) is 6.13. The number of benzene rings is 1. The lowest BCUT2D eigenvalue weighted by molar-refractivity contribution is 0.177. The first-order valence-corrected chi connectivity index (χ1v) is 8.33. The molecule has 20 heavy (non-hydrogen) atoms. The summed E-state index contributed by atoms with van der Waals surface area (Å²) in [5.41, 5.74) is 5.93. The SMILES string of the molecule is COCCN(C1CC1)S(=O)(=O)c1c(Cl)cc(N)cc1Cl. The van der Waals surface area contributed by atoms with E-state index in [0.717, 1.165) is 12.8 Å². The zero-order valence-electron chi connectivity index (χ0n) is 11.0. The summed E-state index contributed by atoms with van der Waals surface area (Å²) in [6, 6.07) is 2.78. The van der Waals surface area contributed by atoms with Gasteiger partial charge < -0.3 is 10.5 Å².